The maximum atomic E-state index is 12.2. The Hall–Kier alpha value is -2.86. The number of piperazine rings is 1. The summed E-state index contributed by atoms with van der Waals surface area (Å²) in [6, 6.07) is 11.3. The number of aryl methyl sites for hydroxylation is 1. The van der Waals surface area contributed by atoms with E-state index in [4.69, 9.17) is 9.40 Å². The van der Waals surface area contributed by atoms with E-state index < -0.39 is 0 Å². The van der Waals surface area contributed by atoms with Gasteiger partial charge in [-0.05, 0) is 55.9 Å². The molecule has 1 aromatic carbocycles. The highest BCUT2D eigenvalue weighted by molar-refractivity contribution is 6.03. The van der Waals surface area contributed by atoms with Gasteiger partial charge < -0.3 is 19.5 Å². The Kier molecular flexibility index (Phi) is 4.34. The third-order valence-corrected chi connectivity index (χ3v) is 4.83. The number of rotatable bonds is 3. The van der Waals surface area contributed by atoms with Crippen LogP contribution in [-0.4, -0.2) is 49.0 Å². The van der Waals surface area contributed by atoms with Crippen molar-refractivity contribution in [1.29, 1.82) is 0 Å². The van der Waals surface area contributed by atoms with E-state index in [1.807, 2.05) is 18.2 Å². The van der Waals surface area contributed by atoms with Gasteiger partial charge in [-0.2, -0.15) is 0 Å². The molecule has 1 aliphatic heterocycles. The fraction of sp³-hybridized carbons (Fsp3) is 0.300. The summed E-state index contributed by atoms with van der Waals surface area (Å²) in [5.74, 6) is 1.06. The number of aromatic nitrogens is 1. The third-order valence-electron chi connectivity index (χ3n) is 4.83. The molecule has 0 spiro atoms. The summed E-state index contributed by atoms with van der Waals surface area (Å²) in [5.41, 5.74) is 2.82. The van der Waals surface area contributed by atoms with E-state index in [1.165, 1.54) is 6.26 Å². The molecule has 2 aromatic heterocycles. The van der Waals surface area contributed by atoms with Gasteiger partial charge in [-0.15, -0.1) is 0 Å². The number of furan rings is 1. The molecule has 0 bridgehead atoms. The fourth-order valence-electron chi connectivity index (χ4n) is 3.25. The molecular formula is C20H22N4O2. The number of hydrogen-bond acceptors (Lipinski definition) is 5. The van der Waals surface area contributed by atoms with Crippen LogP contribution < -0.4 is 10.2 Å². The smallest absolute Gasteiger partial charge is 0.291 e. The SMILES string of the molecule is Cc1cc(N2CCN(C)CC2)nc2ccc(NC(=O)c3ccco3)cc12. The van der Waals surface area contributed by atoms with Gasteiger partial charge in [0.1, 0.15) is 5.82 Å². The van der Waals surface area contributed by atoms with Crippen molar-refractivity contribution in [3.8, 4) is 0 Å². The molecule has 3 heterocycles. The zero-order chi connectivity index (χ0) is 18.1. The van der Waals surface area contributed by atoms with Crippen molar-refractivity contribution in [2.24, 2.45) is 0 Å². The van der Waals surface area contributed by atoms with Crippen molar-refractivity contribution in [3.05, 3.63) is 54.0 Å². The number of carbonyl (C=O) groups is 1. The molecule has 0 aliphatic carbocycles. The number of pyridine rings is 1. The van der Waals surface area contributed by atoms with Crippen molar-refractivity contribution in [2.75, 3.05) is 43.4 Å². The van der Waals surface area contributed by atoms with E-state index in [-0.39, 0.29) is 5.91 Å². The molecule has 0 radical (unpaired) electrons. The lowest BCUT2D eigenvalue weighted by Gasteiger charge is -2.33. The van der Waals surface area contributed by atoms with Gasteiger partial charge in [-0.3, -0.25) is 4.79 Å². The number of nitrogens with zero attached hydrogens (tertiary/aromatic N) is 3. The van der Waals surface area contributed by atoms with E-state index in [0.29, 0.717) is 5.76 Å². The number of hydrogen-bond donors (Lipinski definition) is 1. The van der Waals surface area contributed by atoms with Gasteiger partial charge in [0.2, 0.25) is 0 Å². The average molecular weight is 350 g/mol. The monoisotopic (exact) mass is 350 g/mol. The minimum absolute atomic E-state index is 0.256. The molecule has 4 rings (SSSR count). The summed E-state index contributed by atoms with van der Waals surface area (Å²) in [6.45, 7) is 6.17. The molecule has 1 aliphatic rings. The van der Waals surface area contributed by atoms with Crippen molar-refractivity contribution in [1.82, 2.24) is 9.88 Å². The summed E-state index contributed by atoms with van der Waals surface area (Å²) >= 11 is 0. The lowest BCUT2D eigenvalue weighted by Crippen LogP contribution is -2.44. The van der Waals surface area contributed by atoms with Gasteiger partial charge in [-0.25, -0.2) is 4.98 Å². The first-order chi connectivity index (χ1) is 12.6. The standard InChI is InChI=1S/C20H22N4O2/c1-14-12-19(24-9-7-23(2)8-10-24)22-17-6-5-15(13-16(14)17)21-20(25)18-4-3-11-26-18/h3-6,11-13H,7-10H2,1-2H3,(H,21,25). The van der Waals surface area contributed by atoms with Gasteiger partial charge in [0.25, 0.3) is 5.91 Å². The first-order valence-electron chi connectivity index (χ1n) is 8.80. The Balaban J connectivity index is 1.59. The number of fused-ring (bicyclic) bond motifs is 1. The minimum atomic E-state index is -0.256. The van der Waals surface area contributed by atoms with Gasteiger partial charge in [0, 0.05) is 37.3 Å². The molecule has 6 nitrogen and oxygen atoms in total. The predicted molar refractivity (Wildman–Crippen MR) is 103 cm³/mol. The molecule has 0 saturated carbocycles. The Labute approximate surface area is 152 Å². The normalized spacial score (nSPS) is 15.4. The van der Waals surface area contributed by atoms with Crippen LogP contribution in [0.4, 0.5) is 11.5 Å². The van der Waals surface area contributed by atoms with Gasteiger partial charge in [-0.1, -0.05) is 0 Å². The largest absolute Gasteiger partial charge is 0.459 e. The number of nitrogens with one attached hydrogen (secondary N) is 1. The summed E-state index contributed by atoms with van der Waals surface area (Å²) in [5, 5.41) is 3.91. The number of amides is 1. The van der Waals surface area contributed by atoms with Gasteiger partial charge in [0.15, 0.2) is 5.76 Å². The second-order valence-electron chi connectivity index (χ2n) is 6.75. The molecule has 6 heteroatoms. The highest BCUT2D eigenvalue weighted by Crippen LogP contribution is 2.26. The maximum absolute atomic E-state index is 12.2. The molecule has 1 fully saturated rings. The molecule has 1 N–H and O–H groups in total. The molecule has 1 amide bonds. The van der Waals surface area contributed by atoms with Crippen molar-refractivity contribution >= 4 is 28.3 Å². The molecule has 0 unspecified atom stereocenters. The van der Waals surface area contributed by atoms with Crippen molar-refractivity contribution in [3.63, 3.8) is 0 Å². The Morgan fingerprint density at radius 2 is 1.96 bits per heavy atom. The van der Waals surface area contributed by atoms with Crippen molar-refractivity contribution < 1.29 is 9.21 Å². The van der Waals surface area contributed by atoms with Crippen LogP contribution in [0.2, 0.25) is 0 Å². The fourth-order valence-corrected chi connectivity index (χ4v) is 3.25. The van der Waals surface area contributed by atoms with E-state index in [1.54, 1.807) is 12.1 Å². The average Bonchev–Trinajstić information content (AvgIpc) is 3.17. The summed E-state index contributed by atoms with van der Waals surface area (Å²) in [4.78, 5) is 21.6. The highest BCUT2D eigenvalue weighted by atomic mass is 16.3. The maximum Gasteiger partial charge on any atom is 0.291 e. The number of likely N-dealkylation sites (N-methyl/N-ethyl adjacent to an activating group) is 1. The second kappa shape index (κ2) is 6.80. The minimum Gasteiger partial charge on any atom is -0.459 e. The first-order valence-corrected chi connectivity index (χ1v) is 8.80. The van der Waals surface area contributed by atoms with Crippen LogP contribution in [0.5, 0.6) is 0 Å². The number of carbonyl (C=O) groups excluding carboxylic acids is 1. The summed E-state index contributed by atoms with van der Waals surface area (Å²) in [7, 11) is 2.15. The van der Waals surface area contributed by atoms with Crippen LogP contribution >= 0.6 is 0 Å². The summed E-state index contributed by atoms with van der Waals surface area (Å²) < 4.78 is 5.14. The zero-order valence-corrected chi connectivity index (χ0v) is 15.0. The molecule has 0 atom stereocenters. The molecule has 1 saturated heterocycles. The van der Waals surface area contributed by atoms with Crippen LogP contribution in [0.1, 0.15) is 16.1 Å². The van der Waals surface area contributed by atoms with Gasteiger partial charge >= 0.3 is 0 Å². The topological polar surface area (TPSA) is 61.6 Å². The Bertz CT molecular complexity index is 928. The molecular weight excluding hydrogens is 328 g/mol. The Morgan fingerprint density at radius 1 is 1.15 bits per heavy atom. The summed E-state index contributed by atoms with van der Waals surface area (Å²) in [6.07, 6.45) is 1.49. The van der Waals surface area contributed by atoms with Crippen LogP contribution in [0, 0.1) is 6.92 Å². The first kappa shape index (κ1) is 16.6. The van der Waals surface area contributed by atoms with Crippen LogP contribution in [0.25, 0.3) is 10.9 Å². The molecule has 26 heavy (non-hydrogen) atoms. The van der Waals surface area contributed by atoms with E-state index >= 15 is 0 Å². The van der Waals surface area contributed by atoms with Crippen LogP contribution in [0.3, 0.4) is 0 Å². The van der Waals surface area contributed by atoms with Crippen LogP contribution in [-0.2, 0) is 0 Å². The zero-order valence-electron chi connectivity index (χ0n) is 15.0. The quantitative estimate of drug-likeness (QED) is 0.786. The number of benzene rings is 1. The van der Waals surface area contributed by atoms with E-state index in [2.05, 4.69) is 35.2 Å². The molecule has 134 valence electrons. The lowest BCUT2D eigenvalue weighted by molar-refractivity contribution is 0.0996. The molecule has 3 aromatic rings. The third kappa shape index (κ3) is 3.28. The number of anilines is 2. The van der Waals surface area contributed by atoms with Crippen LogP contribution in [0.15, 0.2) is 47.1 Å². The van der Waals surface area contributed by atoms with E-state index in [9.17, 15) is 4.79 Å². The highest BCUT2D eigenvalue weighted by Gasteiger charge is 2.17. The van der Waals surface area contributed by atoms with E-state index in [0.717, 1.165) is 54.2 Å². The van der Waals surface area contributed by atoms with Crippen molar-refractivity contribution in [2.45, 2.75) is 6.92 Å². The lowest BCUT2D eigenvalue weighted by atomic mass is 10.1. The van der Waals surface area contributed by atoms with Gasteiger partial charge in [0.05, 0.1) is 11.8 Å². The predicted octanol–water partition coefficient (Wildman–Crippen LogP) is 3.14. The Morgan fingerprint density at radius 3 is 2.69 bits per heavy atom. The second-order valence-corrected chi connectivity index (χ2v) is 6.75.